The Kier molecular flexibility index (Phi) is 3.89. The van der Waals surface area contributed by atoms with Gasteiger partial charge in [0.1, 0.15) is 4.90 Å². The van der Waals surface area contributed by atoms with Gasteiger partial charge in [0.25, 0.3) is 15.6 Å². The zero-order chi connectivity index (χ0) is 14.9. The molecule has 20 heavy (non-hydrogen) atoms. The number of nitrogens with one attached hydrogen (secondary N) is 2. The first-order chi connectivity index (χ1) is 9.31. The van der Waals surface area contributed by atoms with Gasteiger partial charge in [-0.05, 0) is 18.2 Å². The van der Waals surface area contributed by atoms with Crippen molar-refractivity contribution < 1.29 is 8.42 Å². The number of aromatic amines is 1. The molecule has 0 saturated heterocycles. The second-order valence-electron chi connectivity index (χ2n) is 3.69. The summed E-state index contributed by atoms with van der Waals surface area (Å²) in [6.45, 7) is 0. The topological polar surface area (TPSA) is 118 Å². The van der Waals surface area contributed by atoms with Crippen LogP contribution in [-0.2, 0) is 10.0 Å². The quantitative estimate of drug-likeness (QED) is 0.734. The molecule has 2 aromatic rings. The third kappa shape index (κ3) is 2.87. The minimum absolute atomic E-state index is 0.0364. The fourth-order valence-electron chi connectivity index (χ4n) is 1.35. The first kappa shape index (κ1) is 14.6. The molecule has 2 rings (SSSR count). The highest BCUT2D eigenvalue weighted by atomic mass is 35.5. The fraction of sp³-hybridized carbons (Fsp3) is 0. The third-order valence-corrected chi connectivity index (χ3v) is 4.54. The van der Waals surface area contributed by atoms with Gasteiger partial charge in [-0.1, -0.05) is 23.2 Å². The average Bonchev–Trinajstić information content (AvgIpc) is 2.38. The number of H-pyrrole nitrogens is 1. The van der Waals surface area contributed by atoms with Crippen LogP contribution in [0.5, 0.6) is 0 Å². The highest BCUT2D eigenvalue weighted by Gasteiger charge is 2.21. The summed E-state index contributed by atoms with van der Waals surface area (Å²) in [6.07, 6.45) is 0. The third-order valence-electron chi connectivity index (χ3n) is 2.30. The van der Waals surface area contributed by atoms with Crippen molar-refractivity contribution in [3.63, 3.8) is 0 Å². The largest absolute Gasteiger partial charge is 0.396 e. The average molecular weight is 335 g/mol. The predicted molar refractivity (Wildman–Crippen MR) is 76.5 cm³/mol. The number of benzene rings is 1. The van der Waals surface area contributed by atoms with E-state index in [0.29, 0.717) is 0 Å². The van der Waals surface area contributed by atoms with Gasteiger partial charge in [-0.2, -0.15) is 5.10 Å². The highest BCUT2D eigenvalue weighted by Crippen LogP contribution is 2.33. The number of rotatable bonds is 3. The van der Waals surface area contributed by atoms with E-state index in [0.717, 1.165) is 6.07 Å². The van der Waals surface area contributed by atoms with Gasteiger partial charge in [0.05, 0.1) is 15.7 Å². The van der Waals surface area contributed by atoms with Gasteiger partial charge in [-0.25, -0.2) is 13.5 Å². The highest BCUT2D eigenvalue weighted by molar-refractivity contribution is 7.92. The Bertz CT molecular complexity index is 799. The normalized spacial score (nSPS) is 11.3. The van der Waals surface area contributed by atoms with Crippen molar-refractivity contribution in [1.29, 1.82) is 0 Å². The van der Waals surface area contributed by atoms with E-state index in [1.165, 1.54) is 18.2 Å². The smallest absolute Gasteiger partial charge is 0.264 e. The summed E-state index contributed by atoms with van der Waals surface area (Å²) in [4.78, 5) is 10.6. The van der Waals surface area contributed by atoms with Crippen LogP contribution >= 0.6 is 23.2 Å². The minimum atomic E-state index is -4.00. The molecule has 0 atom stereocenters. The van der Waals surface area contributed by atoms with Crippen LogP contribution in [0.2, 0.25) is 10.0 Å². The number of nitrogen functional groups attached to an aromatic ring is 1. The van der Waals surface area contributed by atoms with Gasteiger partial charge < -0.3 is 5.73 Å². The molecule has 106 valence electrons. The molecule has 0 spiro atoms. The van der Waals surface area contributed by atoms with E-state index in [1.807, 2.05) is 0 Å². The zero-order valence-electron chi connectivity index (χ0n) is 9.72. The van der Waals surface area contributed by atoms with Gasteiger partial charge in [0.2, 0.25) is 0 Å². The van der Waals surface area contributed by atoms with E-state index >= 15 is 0 Å². The van der Waals surface area contributed by atoms with Gasteiger partial charge in [0.15, 0.2) is 5.82 Å². The fourth-order valence-corrected chi connectivity index (χ4v) is 3.12. The van der Waals surface area contributed by atoms with Crippen LogP contribution in [0, 0.1) is 0 Å². The van der Waals surface area contributed by atoms with Gasteiger partial charge >= 0.3 is 0 Å². The van der Waals surface area contributed by atoms with Crippen molar-refractivity contribution >= 4 is 44.7 Å². The maximum atomic E-state index is 12.1. The van der Waals surface area contributed by atoms with Gasteiger partial charge in [-0.3, -0.25) is 9.52 Å². The predicted octanol–water partition coefficient (Wildman–Crippen LogP) is 1.46. The number of anilines is 2. The van der Waals surface area contributed by atoms with Crippen LogP contribution in [0.3, 0.4) is 0 Å². The lowest BCUT2D eigenvalue weighted by Crippen LogP contribution is -2.17. The molecule has 0 amide bonds. The SMILES string of the molecule is Nc1c(Cl)ccc(S(=O)(=O)Nc2ccc(=O)[nH]n2)c1Cl. The summed E-state index contributed by atoms with van der Waals surface area (Å²) >= 11 is 11.6. The standard InChI is InChI=1S/C10H8Cl2N4O3S/c11-5-1-2-6(9(12)10(5)13)20(18,19)16-7-3-4-8(17)15-14-7/h1-4H,13H2,(H,14,16)(H,15,17). The molecule has 0 fully saturated rings. The van der Waals surface area contributed by atoms with Crippen LogP contribution in [0.4, 0.5) is 11.5 Å². The van der Waals surface area contributed by atoms with Crippen LogP contribution in [-0.4, -0.2) is 18.6 Å². The number of halogens is 2. The molecule has 7 nitrogen and oxygen atoms in total. The maximum Gasteiger partial charge on any atom is 0.264 e. The Hall–Kier alpha value is -1.77. The van der Waals surface area contributed by atoms with Crippen molar-refractivity contribution in [2.45, 2.75) is 4.90 Å². The van der Waals surface area contributed by atoms with Gasteiger partial charge in [0, 0.05) is 6.07 Å². The molecular formula is C10H8Cl2N4O3S. The number of hydrogen-bond acceptors (Lipinski definition) is 5. The van der Waals surface area contributed by atoms with Crippen molar-refractivity contribution in [3.05, 3.63) is 44.7 Å². The number of nitrogens with two attached hydrogens (primary N) is 1. The molecule has 0 aliphatic carbocycles. The van der Waals surface area contributed by atoms with Crippen LogP contribution in [0.15, 0.2) is 34.0 Å². The van der Waals surface area contributed by atoms with Gasteiger partial charge in [-0.15, -0.1) is 0 Å². The molecule has 0 aliphatic heterocycles. The monoisotopic (exact) mass is 334 g/mol. The maximum absolute atomic E-state index is 12.1. The summed E-state index contributed by atoms with van der Waals surface area (Å²) < 4.78 is 26.4. The van der Waals surface area contributed by atoms with Crippen LogP contribution in [0.1, 0.15) is 0 Å². The molecular weight excluding hydrogens is 327 g/mol. The Balaban J connectivity index is 2.43. The Morgan fingerprint density at radius 3 is 2.50 bits per heavy atom. The van der Waals surface area contributed by atoms with Crippen LogP contribution < -0.4 is 16.0 Å². The lowest BCUT2D eigenvalue weighted by atomic mass is 10.3. The molecule has 0 bridgehead atoms. The Morgan fingerprint density at radius 2 is 1.90 bits per heavy atom. The van der Waals surface area contributed by atoms with E-state index in [2.05, 4.69) is 14.9 Å². The molecule has 4 N–H and O–H groups in total. The molecule has 10 heteroatoms. The molecule has 0 radical (unpaired) electrons. The minimum Gasteiger partial charge on any atom is -0.396 e. The Morgan fingerprint density at radius 1 is 1.20 bits per heavy atom. The second kappa shape index (κ2) is 5.31. The summed E-state index contributed by atoms with van der Waals surface area (Å²) in [7, 11) is -4.00. The summed E-state index contributed by atoms with van der Waals surface area (Å²) in [5.41, 5.74) is 5.08. The molecule has 1 heterocycles. The number of hydrogen-bond donors (Lipinski definition) is 3. The molecule has 1 aromatic carbocycles. The summed E-state index contributed by atoms with van der Waals surface area (Å²) in [6, 6.07) is 4.87. The summed E-state index contributed by atoms with van der Waals surface area (Å²) in [5, 5.41) is 5.59. The second-order valence-corrected chi connectivity index (χ2v) is 6.12. The van der Waals surface area contributed by atoms with Crippen molar-refractivity contribution in [3.8, 4) is 0 Å². The van der Waals surface area contributed by atoms with Crippen molar-refractivity contribution in [2.75, 3.05) is 10.5 Å². The Labute approximate surface area is 123 Å². The number of nitrogens with zero attached hydrogens (tertiary/aromatic N) is 1. The number of sulfonamides is 1. The van der Waals surface area contributed by atoms with E-state index in [1.54, 1.807) is 0 Å². The lowest BCUT2D eigenvalue weighted by molar-refractivity contribution is 0.601. The summed E-state index contributed by atoms with van der Waals surface area (Å²) in [5.74, 6) is -0.0609. The lowest BCUT2D eigenvalue weighted by Gasteiger charge is -2.10. The van der Waals surface area contributed by atoms with E-state index < -0.39 is 15.6 Å². The molecule has 0 aliphatic rings. The molecule has 0 saturated carbocycles. The zero-order valence-corrected chi connectivity index (χ0v) is 12.1. The first-order valence-electron chi connectivity index (χ1n) is 5.13. The van der Waals surface area contributed by atoms with Crippen molar-refractivity contribution in [2.24, 2.45) is 0 Å². The number of aromatic nitrogens is 2. The van der Waals surface area contributed by atoms with Crippen LogP contribution in [0.25, 0.3) is 0 Å². The van der Waals surface area contributed by atoms with E-state index in [9.17, 15) is 13.2 Å². The molecule has 0 unspecified atom stereocenters. The first-order valence-corrected chi connectivity index (χ1v) is 7.37. The van der Waals surface area contributed by atoms with E-state index in [-0.39, 0.29) is 26.4 Å². The molecule has 1 aromatic heterocycles. The van der Waals surface area contributed by atoms with Crippen molar-refractivity contribution in [1.82, 2.24) is 10.2 Å². The van der Waals surface area contributed by atoms with E-state index in [4.69, 9.17) is 28.9 Å².